The van der Waals surface area contributed by atoms with Crippen LogP contribution in [0.2, 0.25) is 0 Å². The summed E-state index contributed by atoms with van der Waals surface area (Å²) < 4.78 is 22.9. The highest BCUT2D eigenvalue weighted by atomic mass is 32.2. The molecule has 2 N–H and O–H groups in total. The topological polar surface area (TPSA) is 113 Å². The number of hydrogen-bond donors (Lipinski definition) is 2. The first-order valence-electron chi connectivity index (χ1n) is 7.29. The molecule has 128 valence electrons. The minimum Gasteiger partial charge on any atom is -0.477 e. The quantitative estimate of drug-likeness (QED) is 0.826. The van der Waals surface area contributed by atoms with Crippen molar-refractivity contribution in [2.45, 2.75) is 50.3 Å². The first kappa shape index (κ1) is 17.9. The van der Waals surface area contributed by atoms with E-state index in [1.807, 2.05) is 0 Å². The summed E-state index contributed by atoms with van der Waals surface area (Å²) in [4.78, 5) is 28.0. The SMILES string of the molecule is Cc1nc(C(C)NC(=O)C2(S(C)(=O)=O)CCCC2)sc1C(=O)O. The smallest absolute Gasteiger partial charge is 0.347 e. The first-order valence-corrected chi connectivity index (χ1v) is 10.0. The maximum Gasteiger partial charge on any atom is 0.347 e. The number of aromatic nitrogens is 1. The third-order valence-corrected chi connectivity index (χ3v) is 7.60. The van der Waals surface area contributed by atoms with Gasteiger partial charge in [-0.3, -0.25) is 4.79 Å². The van der Waals surface area contributed by atoms with E-state index >= 15 is 0 Å². The number of carboxylic acid groups (broad SMARTS) is 1. The summed E-state index contributed by atoms with van der Waals surface area (Å²) in [5.41, 5.74) is 0.386. The third-order valence-electron chi connectivity index (χ3n) is 4.26. The first-order chi connectivity index (χ1) is 10.6. The van der Waals surface area contributed by atoms with E-state index in [9.17, 15) is 18.0 Å². The maximum atomic E-state index is 12.6. The summed E-state index contributed by atoms with van der Waals surface area (Å²) in [6.07, 6.45) is 3.14. The molecule has 0 radical (unpaired) electrons. The average molecular weight is 360 g/mol. The average Bonchev–Trinajstić information content (AvgIpc) is 3.04. The fourth-order valence-electron chi connectivity index (χ4n) is 2.90. The van der Waals surface area contributed by atoms with Gasteiger partial charge in [0.2, 0.25) is 5.91 Å². The molecule has 1 amide bonds. The van der Waals surface area contributed by atoms with Gasteiger partial charge in [-0.25, -0.2) is 18.2 Å². The normalized spacial score (nSPS) is 18.6. The minimum atomic E-state index is -3.53. The van der Waals surface area contributed by atoms with Gasteiger partial charge in [-0.15, -0.1) is 11.3 Å². The zero-order valence-corrected chi connectivity index (χ0v) is 14.9. The van der Waals surface area contributed by atoms with Crippen LogP contribution in [-0.2, 0) is 14.6 Å². The summed E-state index contributed by atoms with van der Waals surface area (Å²) in [6.45, 7) is 3.26. The van der Waals surface area contributed by atoms with Crippen LogP contribution in [0.3, 0.4) is 0 Å². The minimum absolute atomic E-state index is 0.125. The number of carbonyl (C=O) groups excluding carboxylic acids is 1. The summed E-state index contributed by atoms with van der Waals surface area (Å²) in [7, 11) is -3.53. The number of nitrogens with zero attached hydrogens (tertiary/aromatic N) is 1. The van der Waals surface area contributed by atoms with Crippen LogP contribution in [-0.4, -0.2) is 41.4 Å². The van der Waals surface area contributed by atoms with E-state index < -0.39 is 32.5 Å². The fraction of sp³-hybridized carbons (Fsp3) is 0.643. The largest absolute Gasteiger partial charge is 0.477 e. The lowest BCUT2D eigenvalue weighted by Crippen LogP contribution is -2.50. The highest BCUT2D eigenvalue weighted by Crippen LogP contribution is 2.37. The van der Waals surface area contributed by atoms with E-state index in [4.69, 9.17) is 5.11 Å². The molecule has 1 aliphatic carbocycles. The highest BCUT2D eigenvalue weighted by molar-refractivity contribution is 7.92. The molecule has 7 nitrogen and oxygen atoms in total. The maximum absolute atomic E-state index is 12.6. The monoisotopic (exact) mass is 360 g/mol. The molecule has 9 heteroatoms. The number of sulfone groups is 1. The molecular weight excluding hydrogens is 340 g/mol. The van der Waals surface area contributed by atoms with Crippen molar-refractivity contribution in [3.63, 3.8) is 0 Å². The molecule has 1 aromatic heterocycles. The van der Waals surface area contributed by atoms with Gasteiger partial charge in [0, 0.05) is 6.26 Å². The number of carboxylic acids is 1. The van der Waals surface area contributed by atoms with E-state index in [0.717, 1.165) is 17.6 Å². The Morgan fingerprint density at radius 2 is 1.91 bits per heavy atom. The van der Waals surface area contributed by atoms with Gasteiger partial charge in [0.15, 0.2) is 9.84 Å². The lowest BCUT2D eigenvalue weighted by Gasteiger charge is -2.27. The number of thiazole rings is 1. The number of aryl methyl sites for hydroxylation is 1. The molecule has 0 spiro atoms. The summed E-state index contributed by atoms with van der Waals surface area (Å²) >= 11 is 0.992. The van der Waals surface area contributed by atoms with E-state index in [-0.39, 0.29) is 4.88 Å². The molecule has 1 saturated carbocycles. The second-order valence-electron chi connectivity index (χ2n) is 5.94. The van der Waals surface area contributed by atoms with Crippen LogP contribution in [0.4, 0.5) is 0 Å². The lowest BCUT2D eigenvalue weighted by atomic mass is 10.1. The van der Waals surface area contributed by atoms with Crippen molar-refractivity contribution in [3.05, 3.63) is 15.6 Å². The van der Waals surface area contributed by atoms with Gasteiger partial charge in [-0.1, -0.05) is 12.8 Å². The number of nitrogens with one attached hydrogen (secondary N) is 1. The van der Waals surface area contributed by atoms with Crippen molar-refractivity contribution in [2.75, 3.05) is 6.26 Å². The van der Waals surface area contributed by atoms with Crippen LogP contribution in [0.5, 0.6) is 0 Å². The number of hydrogen-bond acceptors (Lipinski definition) is 6. The summed E-state index contributed by atoms with van der Waals surface area (Å²) in [6, 6.07) is -0.543. The molecule has 23 heavy (non-hydrogen) atoms. The molecule has 0 bridgehead atoms. The van der Waals surface area contributed by atoms with Crippen LogP contribution in [0.1, 0.15) is 59.0 Å². The number of aromatic carboxylic acids is 1. The van der Waals surface area contributed by atoms with Crippen molar-refractivity contribution in [3.8, 4) is 0 Å². The molecular formula is C14H20N2O5S2. The molecule has 1 heterocycles. The van der Waals surface area contributed by atoms with Crippen molar-refractivity contribution >= 4 is 33.1 Å². The van der Waals surface area contributed by atoms with Gasteiger partial charge in [0.05, 0.1) is 11.7 Å². The van der Waals surface area contributed by atoms with Gasteiger partial charge >= 0.3 is 5.97 Å². The summed E-state index contributed by atoms with van der Waals surface area (Å²) in [5, 5.41) is 12.2. The van der Waals surface area contributed by atoms with Crippen LogP contribution in [0, 0.1) is 6.92 Å². The molecule has 1 aliphatic rings. The zero-order valence-electron chi connectivity index (χ0n) is 13.2. The van der Waals surface area contributed by atoms with Crippen LogP contribution >= 0.6 is 11.3 Å². The van der Waals surface area contributed by atoms with Crippen LogP contribution in [0.15, 0.2) is 0 Å². The molecule has 2 rings (SSSR count). The predicted molar refractivity (Wildman–Crippen MR) is 86.4 cm³/mol. The van der Waals surface area contributed by atoms with Gasteiger partial charge in [-0.05, 0) is 26.7 Å². The van der Waals surface area contributed by atoms with Crippen molar-refractivity contribution in [1.82, 2.24) is 10.3 Å². The molecule has 0 aliphatic heterocycles. The standard InChI is InChI=1S/C14H20N2O5S2/c1-8-10(12(17)18)22-11(15-8)9(2)16-13(19)14(23(3,20)21)6-4-5-7-14/h9H,4-7H2,1-3H3,(H,16,19)(H,17,18). The van der Waals surface area contributed by atoms with Crippen LogP contribution < -0.4 is 5.32 Å². The van der Waals surface area contributed by atoms with Gasteiger partial charge < -0.3 is 10.4 Å². The number of amides is 1. The molecule has 0 saturated heterocycles. The second-order valence-corrected chi connectivity index (χ2v) is 9.30. The Hall–Kier alpha value is -1.48. The van der Waals surface area contributed by atoms with E-state index in [0.29, 0.717) is 36.4 Å². The Morgan fingerprint density at radius 1 is 1.35 bits per heavy atom. The molecule has 0 aromatic carbocycles. The van der Waals surface area contributed by atoms with Crippen molar-refractivity contribution in [1.29, 1.82) is 0 Å². The number of rotatable bonds is 5. The van der Waals surface area contributed by atoms with Gasteiger partial charge in [-0.2, -0.15) is 0 Å². The van der Waals surface area contributed by atoms with Crippen molar-refractivity contribution < 1.29 is 23.1 Å². The van der Waals surface area contributed by atoms with Gasteiger partial charge in [0.25, 0.3) is 0 Å². The van der Waals surface area contributed by atoms with Crippen LogP contribution in [0.25, 0.3) is 0 Å². The fourth-order valence-corrected chi connectivity index (χ4v) is 5.24. The summed E-state index contributed by atoms with van der Waals surface area (Å²) in [5.74, 6) is -1.58. The Morgan fingerprint density at radius 3 is 2.35 bits per heavy atom. The highest BCUT2D eigenvalue weighted by Gasteiger charge is 2.50. The molecule has 1 fully saturated rings. The molecule has 1 unspecified atom stereocenters. The lowest BCUT2D eigenvalue weighted by molar-refractivity contribution is -0.124. The van der Waals surface area contributed by atoms with E-state index in [1.165, 1.54) is 0 Å². The van der Waals surface area contributed by atoms with Gasteiger partial charge in [0.1, 0.15) is 14.6 Å². The third kappa shape index (κ3) is 3.25. The Balaban J connectivity index is 2.22. The van der Waals surface area contributed by atoms with E-state index in [1.54, 1.807) is 13.8 Å². The number of carbonyl (C=O) groups is 2. The Kier molecular flexibility index (Phi) is 4.81. The molecule has 1 aromatic rings. The second kappa shape index (κ2) is 6.20. The van der Waals surface area contributed by atoms with E-state index in [2.05, 4.69) is 10.3 Å². The predicted octanol–water partition coefficient (Wildman–Crippen LogP) is 1.68. The Bertz CT molecular complexity index is 732. The van der Waals surface area contributed by atoms with Crippen molar-refractivity contribution in [2.24, 2.45) is 0 Å². The zero-order chi connectivity index (χ0) is 17.4. The molecule has 1 atom stereocenters. The Labute approximate surface area is 139 Å².